The van der Waals surface area contributed by atoms with Crippen LogP contribution >= 0.6 is 0 Å². The van der Waals surface area contributed by atoms with E-state index in [-0.39, 0.29) is 0 Å². The van der Waals surface area contributed by atoms with E-state index >= 15 is 0 Å². The molecular formula is C13H20O. The number of phenols is 1. The van der Waals surface area contributed by atoms with Crippen LogP contribution in [0.4, 0.5) is 0 Å². The largest absolute Gasteiger partial charge is 0.507 e. The van der Waals surface area contributed by atoms with E-state index in [1.807, 2.05) is 40.7 Å². The Morgan fingerprint density at radius 3 is 2.07 bits per heavy atom. The van der Waals surface area contributed by atoms with Crippen molar-refractivity contribution >= 4 is 5.57 Å². The fraction of sp³-hybridized carbons (Fsp3) is 0.385. The van der Waals surface area contributed by atoms with Crippen LogP contribution in [0.5, 0.6) is 5.75 Å². The Kier molecular flexibility index (Phi) is 5.00. The quantitative estimate of drug-likeness (QED) is 0.711. The number of aryl methyl sites for hydroxylation is 1. The molecule has 1 aromatic rings. The topological polar surface area (TPSA) is 20.2 Å². The summed E-state index contributed by atoms with van der Waals surface area (Å²) >= 11 is 0. The van der Waals surface area contributed by atoms with Crippen LogP contribution in [0.2, 0.25) is 0 Å². The molecule has 0 heterocycles. The molecule has 0 aliphatic rings. The summed E-state index contributed by atoms with van der Waals surface area (Å²) in [6.45, 7) is 13.8. The number of hydrogen-bond donors (Lipinski definition) is 1. The lowest BCUT2D eigenvalue weighted by molar-refractivity contribution is 0.473. The number of phenolic OH excluding ortho intramolecular Hbond substituents is 1. The number of benzene rings is 1. The van der Waals surface area contributed by atoms with E-state index in [0.717, 1.165) is 16.7 Å². The summed E-state index contributed by atoms with van der Waals surface area (Å²) in [7, 11) is 0. The Hall–Kier alpha value is -1.24. The lowest BCUT2D eigenvalue weighted by Gasteiger charge is -2.09. The second kappa shape index (κ2) is 5.48. The lowest BCUT2D eigenvalue weighted by atomic mass is 9.98. The fourth-order valence-electron chi connectivity index (χ4n) is 1.34. The molecule has 0 amide bonds. The van der Waals surface area contributed by atoms with E-state index in [1.54, 1.807) is 6.07 Å². The molecule has 0 atom stereocenters. The van der Waals surface area contributed by atoms with Crippen molar-refractivity contribution in [3.05, 3.63) is 35.4 Å². The first-order valence-electron chi connectivity index (χ1n) is 4.99. The van der Waals surface area contributed by atoms with E-state index < -0.39 is 0 Å². The SMILES string of the molecule is C=C(C)c1c(O)ccc(C)c1C.CC. The van der Waals surface area contributed by atoms with Crippen LogP contribution in [-0.4, -0.2) is 5.11 Å². The van der Waals surface area contributed by atoms with Crippen LogP contribution in [0.3, 0.4) is 0 Å². The van der Waals surface area contributed by atoms with Crippen molar-refractivity contribution in [2.24, 2.45) is 0 Å². The first-order chi connectivity index (χ1) is 6.54. The van der Waals surface area contributed by atoms with Crippen LogP contribution in [0.25, 0.3) is 5.57 Å². The Bertz CT molecular complexity index is 324. The molecule has 0 saturated carbocycles. The van der Waals surface area contributed by atoms with Gasteiger partial charge in [0.1, 0.15) is 5.75 Å². The predicted molar refractivity (Wildman–Crippen MR) is 63.6 cm³/mol. The summed E-state index contributed by atoms with van der Waals surface area (Å²) in [6.07, 6.45) is 0. The molecule has 1 aromatic carbocycles. The molecule has 1 nitrogen and oxygen atoms in total. The van der Waals surface area contributed by atoms with Crippen molar-refractivity contribution in [2.45, 2.75) is 34.6 Å². The lowest BCUT2D eigenvalue weighted by Crippen LogP contribution is -1.89. The number of allylic oxidation sites excluding steroid dienone is 1. The van der Waals surface area contributed by atoms with Crippen molar-refractivity contribution in [1.82, 2.24) is 0 Å². The van der Waals surface area contributed by atoms with Gasteiger partial charge in [-0.15, -0.1) is 0 Å². The summed E-state index contributed by atoms with van der Waals surface area (Å²) in [4.78, 5) is 0. The monoisotopic (exact) mass is 192 g/mol. The molecule has 1 heteroatoms. The van der Waals surface area contributed by atoms with Crippen LogP contribution < -0.4 is 0 Å². The molecule has 0 aromatic heterocycles. The van der Waals surface area contributed by atoms with Crippen LogP contribution in [-0.2, 0) is 0 Å². The fourth-order valence-corrected chi connectivity index (χ4v) is 1.34. The Balaban J connectivity index is 0.000000791. The van der Waals surface area contributed by atoms with Gasteiger partial charge in [0.15, 0.2) is 0 Å². The van der Waals surface area contributed by atoms with Gasteiger partial charge in [0.2, 0.25) is 0 Å². The molecule has 0 unspecified atom stereocenters. The molecule has 14 heavy (non-hydrogen) atoms. The summed E-state index contributed by atoms with van der Waals surface area (Å²) in [5.74, 6) is 0.325. The highest BCUT2D eigenvalue weighted by molar-refractivity contribution is 5.70. The van der Waals surface area contributed by atoms with Gasteiger partial charge in [-0.05, 0) is 43.5 Å². The third-order valence-corrected chi connectivity index (χ3v) is 2.14. The highest BCUT2D eigenvalue weighted by atomic mass is 16.3. The number of hydrogen-bond acceptors (Lipinski definition) is 1. The molecule has 0 aliphatic carbocycles. The molecule has 1 rings (SSSR count). The normalized spacial score (nSPS) is 8.93. The average molecular weight is 192 g/mol. The molecule has 1 N–H and O–H groups in total. The van der Waals surface area contributed by atoms with Crippen molar-refractivity contribution < 1.29 is 5.11 Å². The summed E-state index contributed by atoms with van der Waals surface area (Å²) in [5.41, 5.74) is 4.09. The van der Waals surface area contributed by atoms with Gasteiger partial charge in [-0.3, -0.25) is 0 Å². The minimum atomic E-state index is 0.325. The average Bonchev–Trinajstić information content (AvgIpc) is 2.15. The maximum Gasteiger partial charge on any atom is 0.123 e. The summed E-state index contributed by atoms with van der Waals surface area (Å²) in [5, 5.41) is 9.53. The maximum atomic E-state index is 9.53. The van der Waals surface area contributed by atoms with Crippen LogP contribution in [0.15, 0.2) is 18.7 Å². The van der Waals surface area contributed by atoms with Crippen LogP contribution in [0, 0.1) is 13.8 Å². The van der Waals surface area contributed by atoms with Crippen molar-refractivity contribution in [3.8, 4) is 5.75 Å². The zero-order valence-corrected chi connectivity index (χ0v) is 9.81. The molecular weight excluding hydrogens is 172 g/mol. The highest BCUT2D eigenvalue weighted by Crippen LogP contribution is 2.28. The Morgan fingerprint density at radius 1 is 1.21 bits per heavy atom. The van der Waals surface area contributed by atoms with Gasteiger partial charge in [0, 0.05) is 5.56 Å². The van der Waals surface area contributed by atoms with Gasteiger partial charge in [0.05, 0.1) is 0 Å². The molecule has 0 saturated heterocycles. The third kappa shape index (κ3) is 2.63. The molecule has 0 bridgehead atoms. The Labute approximate surface area is 87.1 Å². The molecule has 0 aliphatic heterocycles. The zero-order valence-electron chi connectivity index (χ0n) is 9.81. The number of aromatic hydroxyl groups is 1. The van der Waals surface area contributed by atoms with E-state index in [4.69, 9.17) is 0 Å². The smallest absolute Gasteiger partial charge is 0.123 e. The van der Waals surface area contributed by atoms with Gasteiger partial charge in [-0.1, -0.05) is 26.5 Å². The zero-order chi connectivity index (χ0) is 11.3. The highest BCUT2D eigenvalue weighted by Gasteiger charge is 2.06. The minimum absolute atomic E-state index is 0.325. The van der Waals surface area contributed by atoms with Gasteiger partial charge < -0.3 is 5.11 Å². The van der Waals surface area contributed by atoms with E-state index in [1.165, 1.54) is 5.56 Å². The first-order valence-corrected chi connectivity index (χ1v) is 4.99. The third-order valence-electron chi connectivity index (χ3n) is 2.14. The van der Waals surface area contributed by atoms with Crippen LogP contribution in [0.1, 0.15) is 37.5 Å². The Morgan fingerprint density at radius 2 is 1.71 bits per heavy atom. The standard InChI is InChI=1S/C11H14O.C2H6/c1-7(2)11-9(4)8(3)5-6-10(11)12;1-2/h5-6,12H,1H2,2-4H3;1-2H3. The molecule has 0 spiro atoms. The van der Waals surface area contributed by atoms with Gasteiger partial charge >= 0.3 is 0 Å². The number of rotatable bonds is 1. The summed E-state index contributed by atoms with van der Waals surface area (Å²) in [6, 6.07) is 3.63. The minimum Gasteiger partial charge on any atom is -0.507 e. The van der Waals surface area contributed by atoms with Gasteiger partial charge in [0.25, 0.3) is 0 Å². The van der Waals surface area contributed by atoms with Gasteiger partial charge in [-0.2, -0.15) is 0 Å². The predicted octanol–water partition coefficient (Wildman–Crippen LogP) is 4.07. The summed E-state index contributed by atoms with van der Waals surface area (Å²) < 4.78 is 0. The van der Waals surface area contributed by atoms with E-state index in [2.05, 4.69) is 6.58 Å². The van der Waals surface area contributed by atoms with Gasteiger partial charge in [-0.25, -0.2) is 0 Å². The van der Waals surface area contributed by atoms with Crippen molar-refractivity contribution in [3.63, 3.8) is 0 Å². The second-order valence-corrected chi connectivity index (χ2v) is 3.18. The first kappa shape index (κ1) is 12.8. The molecule has 78 valence electrons. The van der Waals surface area contributed by atoms with E-state index in [0.29, 0.717) is 5.75 Å². The van der Waals surface area contributed by atoms with E-state index in [9.17, 15) is 5.11 Å². The second-order valence-electron chi connectivity index (χ2n) is 3.18. The molecule has 0 fully saturated rings. The maximum absolute atomic E-state index is 9.53. The van der Waals surface area contributed by atoms with Crippen molar-refractivity contribution in [1.29, 1.82) is 0 Å². The van der Waals surface area contributed by atoms with Crippen molar-refractivity contribution in [2.75, 3.05) is 0 Å². The molecule has 0 radical (unpaired) electrons.